The van der Waals surface area contributed by atoms with Crippen LogP contribution in [0.1, 0.15) is 6.42 Å². The molecule has 0 amide bonds. The van der Waals surface area contributed by atoms with Gasteiger partial charge >= 0.3 is 6.18 Å². The Balaban J connectivity index is 2.75. The van der Waals surface area contributed by atoms with Gasteiger partial charge in [0, 0.05) is 12.1 Å². The Bertz CT molecular complexity index is 348. The minimum atomic E-state index is -4.43. The summed E-state index contributed by atoms with van der Waals surface area (Å²) in [7, 11) is 0. The molecular formula is C11H12F3NO. The van der Waals surface area contributed by atoms with E-state index in [1.165, 1.54) is 12.1 Å². The van der Waals surface area contributed by atoms with Gasteiger partial charge < -0.3 is 10.4 Å². The number of aliphatic hydroxyl groups excluding tert-OH is 1. The quantitative estimate of drug-likeness (QED) is 0.777. The lowest BCUT2D eigenvalue weighted by Gasteiger charge is -2.22. The molecule has 88 valence electrons. The van der Waals surface area contributed by atoms with Gasteiger partial charge in [-0.3, -0.25) is 0 Å². The van der Waals surface area contributed by atoms with Crippen LogP contribution in [-0.2, 0) is 0 Å². The molecule has 1 aromatic rings. The monoisotopic (exact) mass is 231 g/mol. The molecule has 2 N–H and O–H groups in total. The molecule has 1 unspecified atom stereocenters. The molecule has 0 aromatic heterocycles. The molecule has 0 saturated heterocycles. The molecular weight excluding hydrogens is 219 g/mol. The SMILES string of the molecule is C=C(O)CC(Nc1ccccc1)C(F)(F)F. The first-order valence-corrected chi connectivity index (χ1v) is 4.64. The predicted molar refractivity (Wildman–Crippen MR) is 56.3 cm³/mol. The molecule has 0 spiro atoms. The van der Waals surface area contributed by atoms with E-state index in [1.54, 1.807) is 18.2 Å². The van der Waals surface area contributed by atoms with Crippen molar-refractivity contribution in [1.82, 2.24) is 0 Å². The van der Waals surface area contributed by atoms with E-state index in [-0.39, 0.29) is 0 Å². The van der Waals surface area contributed by atoms with Gasteiger partial charge in [-0.2, -0.15) is 13.2 Å². The highest BCUT2D eigenvalue weighted by Gasteiger charge is 2.39. The number of halogens is 3. The van der Waals surface area contributed by atoms with Crippen molar-refractivity contribution in [3.8, 4) is 0 Å². The molecule has 1 aromatic carbocycles. The average Bonchev–Trinajstić information content (AvgIpc) is 2.16. The van der Waals surface area contributed by atoms with Crippen LogP contribution in [0.15, 0.2) is 42.7 Å². The maximum absolute atomic E-state index is 12.6. The second-order valence-electron chi connectivity index (χ2n) is 3.37. The van der Waals surface area contributed by atoms with Gasteiger partial charge in [0.25, 0.3) is 0 Å². The fraction of sp³-hybridized carbons (Fsp3) is 0.273. The third-order valence-electron chi connectivity index (χ3n) is 1.95. The Labute approximate surface area is 91.4 Å². The van der Waals surface area contributed by atoms with E-state index >= 15 is 0 Å². The van der Waals surface area contributed by atoms with E-state index in [4.69, 9.17) is 5.11 Å². The highest BCUT2D eigenvalue weighted by Crippen LogP contribution is 2.27. The number of para-hydroxylation sites is 1. The number of benzene rings is 1. The number of hydrogen-bond acceptors (Lipinski definition) is 2. The van der Waals surface area contributed by atoms with Crippen LogP contribution < -0.4 is 5.32 Å². The summed E-state index contributed by atoms with van der Waals surface area (Å²) >= 11 is 0. The Kier molecular flexibility index (Phi) is 3.82. The Morgan fingerprint density at radius 1 is 1.31 bits per heavy atom. The standard InChI is InChI=1S/C11H12F3NO/c1-8(16)7-10(11(12,13)14)15-9-5-3-2-4-6-9/h2-6,10,15-16H,1,7H2. The summed E-state index contributed by atoms with van der Waals surface area (Å²) in [6.07, 6.45) is -4.99. The van der Waals surface area contributed by atoms with Crippen LogP contribution in [0.4, 0.5) is 18.9 Å². The molecule has 1 rings (SSSR count). The molecule has 0 aliphatic rings. The van der Waals surface area contributed by atoms with Crippen LogP contribution in [0.3, 0.4) is 0 Å². The van der Waals surface area contributed by atoms with Gasteiger partial charge in [-0.25, -0.2) is 0 Å². The highest BCUT2D eigenvalue weighted by molar-refractivity contribution is 5.43. The number of aliphatic hydroxyl groups is 1. The van der Waals surface area contributed by atoms with Crippen molar-refractivity contribution >= 4 is 5.69 Å². The first-order chi connectivity index (χ1) is 7.39. The lowest BCUT2D eigenvalue weighted by molar-refractivity contribution is -0.143. The largest absolute Gasteiger partial charge is 0.513 e. The van der Waals surface area contributed by atoms with Gasteiger partial charge in [-0.1, -0.05) is 24.8 Å². The summed E-state index contributed by atoms with van der Waals surface area (Å²) in [6, 6.07) is 6.19. The Morgan fingerprint density at radius 3 is 2.31 bits per heavy atom. The van der Waals surface area contributed by atoms with Crippen LogP contribution >= 0.6 is 0 Å². The van der Waals surface area contributed by atoms with E-state index in [0.717, 1.165) is 0 Å². The molecule has 2 nitrogen and oxygen atoms in total. The number of anilines is 1. The van der Waals surface area contributed by atoms with Gasteiger partial charge in [0.05, 0.1) is 5.76 Å². The summed E-state index contributed by atoms with van der Waals surface area (Å²) in [5, 5.41) is 11.1. The zero-order valence-corrected chi connectivity index (χ0v) is 8.46. The van der Waals surface area contributed by atoms with Gasteiger partial charge in [0.15, 0.2) is 0 Å². The van der Waals surface area contributed by atoms with Crippen molar-refractivity contribution in [3.05, 3.63) is 42.7 Å². The fourth-order valence-electron chi connectivity index (χ4n) is 1.22. The minimum absolute atomic E-state index is 0.353. The summed E-state index contributed by atoms with van der Waals surface area (Å²) in [6.45, 7) is 3.07. The smallest absolute Gasteiger partial charge is 0.408 e. The van der Waals surface area contributed by atoms with Crippen molar-refractivity contribution in [1.29, 1.82) is 0 Å². The van der Waals surface area contributed by atoms with Gasteiger partial charge in [-0.15, -0.1) is 0 Å². The van der Waals surface area contributed by atoms with Crippen LogP contribution in [0.2, 0.25) is 0 Å². The highest BCUT2D eigenvalue weighted by atomic mass is 19.4. The van der Waals surface area contributed by atoms with E-state index < -0.39 is 24.4 Å². The van der Waals surface area contributed by atoms with Crippen LogP contribution in [0.5, 0.6) is 0 Å². The summed E-state index contributed by atoms with van der Waals surface area (Å²) < 4.78 is 37.7. The topological polar surface area (TPSA) is 32.3 Å². The van der Waals surface area contributed by atoms with Crippen molar-refractivity contribution in [2.75, 3.05) is 5.32 Å². The zero-order valence-electron chi connectivity index (χ0n) is 8.46. The van der Waals surface area contributed by atoms with Crippen LogP contribution in [0, 0.1) is 0 Å². The summed E-state index contributed by atoms with van der Waals surface area (Å²) in [5.41, 5.74) is 0.353. The van der Waals surface area contributed by atoms with Gasteiger partial charge in [0.1, 0.15) is 6.04 Å². The van der Waals surface area contributed by atoms with Crippen molar-refractivity contribution in [2.45, 2.75) is 18.6 Å². The third-order valence-corrected chi connectivity index (χ3v) is 1.95. The normalized spacial score (nSPS) is 13.2. The molecule has 0 aliphatic carbocycles. The molecule has 0 saturated carbocycles. The number of nitrogens with one attached hydrogen (secondary N) is 1. The van der Waals surface area contributed by atoms with E-state index in [0.29, 0.717) is 5.69 Å². The van der Waals surface area contributed by atoms with Crippen LogP contribution in [-0.4, -0.2) is 17.3 Å². The molecule has 0 heterocycles. The average molecular weight is 231 g/mol. The molecule has 0 radical (unpaired) electrons. The summed E-state index contributed by atoms with van der Waals surface area (Å²) in [4.78, 5) is 0. The summed E-state index contributed by atoms with van der Waals surface area (Å²) in [5.74, 6) is -0.495. The van der Waals surface area contributed by atoms with Crippen molar-refractivity contribution in [2.24, 2.45) is 0 Å². The first-order valence-electron chi connectivity index (χ1n) is 4.64. The minimum Gasteiger partial charge on any atom is -0.513 e. The predicted octanol–water partition coefficient (Wildman–Crippen LogP) is 3.49. The molecule has 0 aliphatic heterocycles. The van der Waals surface area contributed by atoms with Crippen molar-refractivity contribution in [3.63, 3.8) is 0 Å². The number of alkyl halides is 3. The van der Waals surface area contributed by atoms with Crippen LogP contribution in [0.25, 0.3) is 0 Å². The zero-order chi connectivity index (χ0) is 12.2. The first kappa shape index (κ1) is 12.4. The number of rotatable bonds is 4. The maximum atomic E-state index is 12.6. The lowest BCUT2D eigenvalue weighted by atomic mass is 10.1. The molecule has 16 heavy (non-hydrogen) atoms. The van der Waals surface area contributed by atoms with E-state index in [2.05, 4.69) is 11.9 Å². The Hall–Kier alpha value is -1.65. The van der Waals surface area contributed by atoms with Gasteiger partial charge in [-0.05, 0) is 12.1 Å². The molecule has 1 atom stereocenters. The van der Waals surface area contributed by atoms with Crippen molar-refractivity contribution < 1.29 is 18.3 Å². The fourth-order valence-corrected chi connectivity index (χ4v) is 1.22. The number of hydrogen-bond donors (Lipinski definition) is 2. The molecule has 0 bridgehead atoms. The Morgan fingerprint density at radius 2 is 1.88 bits per heavy atom. The van der Waals surface area contributed by atoms with Gasteiger partial charge in [0.2, 0.25) is 0 Å². The molecule has 5 heteroatoms. The van der Waals surface area contributed by atoms with E-state index in [9.17, 15) is 13.2 Å². The van der Waals surface area contributed by atoms with E-state index in [1.807, 2.05) is 0 Å². The lowest BCUT2D eigenvalue weighted by Crippen LogP contribution is -2.36. The molecule has 0 fully saturated rings. The maximum Gasteiger partial charge on any atom is 0.408 e. The second kappa shape index (κ2) is 4.92. The second-order valence-corrected chi connectivity index (χ2v) is 3.37. The third kappa shape index (κ3) is 3.84.